The first kappa shape index (κ1) is 40.4. The molecule has 0 aromatic heterocycles. The summed E-state index contributed by atoms with van der Waals surface area (Å²) in [5.74, 6) is -1.10. The van der Waals surface area contributed by atoms with Crippen molar-refractivity contribution in [2.24, 2.45) is 4.99 Å². The molecule has 3 amide bonds. The van der Waals surface area contributed by atoms with E-state index in [0.717, 1.165) is 22.9 Å². The van der Waals surface area contributed by atoms with Gasteiger partial charge in [-0.15, -0.1) is 6.58 Å². The fourth-order valence-corrected chi connectivity index (χ4v) is 6.63. The smallest absolute Gasteiger partial charge is 0.285 e. The standard InChI is InChI=1S/C44H40N4O7S/c1-5-8-20-35(7-3)47-43(51)37(26-31-25-34(15-6-2)41(38(27-31)54-4)55-28-30-21-23-36(24-22-30)48(52)53)42(50)46-44(47)56-29-39(49)45-40(32-16-11-9-12-17-32)33-18-13-10-14-19-33/h5-14,16-27,40H,1-2,15,28-29H2,3-4H3,(H,45,49)/b20-8-,35-7+,37-26+. The van der Waals surface area contributed by atoms with E-state index in [4.69, 9.17) is 9.47 Å². The summed E-state index contributed by atoms with van der Waals surface area (Å²) in [6, 6.07) is 28.2. The number of benzene rings is 4. The summed E-state index contributed by atoms with van der Waals surface area (Å²) in [5.41, 5.74) is 3.83. The number of non-ortho nitro benzene ring substituents is 1. The SMILES string of the molecule is C=C/C=C\C(=C/C)N1C(=O)/C(=C/c2cc(CC=C)c(OCc3ccc([N+](=O)[O-])cc3)c(OC)c2)C(=O)N=C1SCC(=O)NC(c1ccccc1)c1ccccc1. The molecule has 1 heterocycles. The number of amides is 3. The van der Waals surface area contributed by atoms with Gasteiger partial charge in [0.15, 0.2) is 16.7 Å². The van der Waals surface area contributed by atoms with Crippen LogP contribution in [-0.4, -0.2) is 45.6 Å². The van der Waals surface area contributed by atoms with Gasteiger partial charge in [-0.3, -0.25) is 29.4 Å². The number of nitrogens with one attached hydrogen (secondary N) is 1. The zero-order chi connectivity index (χ0) is 40.0. The summed E-state index contributed by atoms with van der Waals surface area (Å²) in [5, 5.41) is 14.2. The quantitative estimate of drug-likeness (QED) is 0.0300. The van der Waals surface area contributed by atoms with E-state index >= 15 is 0 Å². The molecular weight excluding hydrogens is 729 g/mol. The number of allylic oxidation sites excluding steroid dienone is 5. The Morgan fingerprint density at radius 1 is 1.00 bits per heavy atom. The number of methoxy groups -OCH3 is 1. The number of rotatable bonds is 16. The van der Waals surface area contributed by atoms with Crippen LogP contribution in [0.15, 0.2) is 157 Å². The van der Waals surface area contributed by atoms with Crippen LogP contribution >= 0.6 is 11.8 Å². The average Bonchev–Trinajstić information content (AvgIpc) is 3.21. The van der Waals surface area contributed by atoms with Crippen molar-refractivity contribution in [3.05, 3.63) is 190 Å². The number of ether oxygens (including phenoxy) is 2. The van der Waals surface area contributed by atoms with Crippen LogP contribution in [0.2, 0.25) is 0 Å². The van der Waals surface area contributed by atoms with Gasteiger partial charge in [-0.05, 0) is 72.0 Å². The Bertz CT molecular complexity index is 2190. The number of aliphatic imine (C=N–C) groups is 1. The Morgan fingerprint density at radius 2 is 1.66 bits per heavy atom. The Morgan fingerprint density at radius 3 is 2.23 bits per heavy atom. The molecule has 0 radical (unpaired) electrons. The molecule has 4 aromatic carbocycles. The zero-order valence-electron chi connectivity index (χ0n) is 30.9. The molecule has 56 heavy (non-hydrogen) atoms. The summed E-state index contributed by atoms with van der Waals surface area (Å²) in [7, 11) is 1.47. The largest absolute Gasteiger partial charge is 0.493 e. The molecule has 11 nitrogen and oxygen atoms in total. The van der Waals surface area contributed by atoms with Crippen molar-refractivity contribution in [2.75, 3.05) is 12.9 Å². The van der Waals surface area contributed by atoms with E-state index in [0.29, 0.717) is 40.3 Å². The predicted octanol–water partition coefficient (Wildman–Crippen LogP) is 8.30. The fraction of sp³-hybridized carbons (Fsp3) is 0.136. The number of amidine groups is 1. The van der Waals surface area contributed by atoms with Crippen LogP contribution in [0.25, 0.3) is 6.08 Å². The maximum atomic E-state index is 14.3. The maximum absolute atomic E-state index is 14.3. The van der Waals surface area contributed by atoms with Gasteiger partial charge < -0.3 is 14.8 Å². The van der Waals surface area contributed by atoms with E-state index in [1.54, 1.807) is 61.6 Å². The highest BCUT2D eigenvalue weighted by atomic mass is 32.2. The third-order valence-electron chi connectivity index (χ3n) is 8.49. The van der Waals surface area contributed by atoms with Crippen LogP contribution in [0.1, 0.15) is 40.8 Å². The summed E-state index contributed by atoms with van der Waals surface area (Å²) >= 11 is 0.975. The minimum Gasteiger partial charge on any atom is -0.493 e. The Labute approximate surface area is 329 Å². The van der Waals surface area contributed by atoms with E-state index in [9.17, 15) is 24.5 Å². The molecule has 0 fully saturated rings. The molecule has 0 spiro atoms. The highest BCUT2D eigenvalue weighted by Gasteiger charge is 2.35. The first-order valence-electron chi connectivity index (χ1n) is 17.5. The van der Waals surface area contributed by atoms with Gasteiger partial charge in [0.2, 0.25) is 5.91 Å². The molecule has 4 aromatic rings. The molecule has 284 valence electrons. The number of nitro groups is 1. The first-order chi connectivity index (χ1) is 27.2. The maximum Gasteiger partial charge on any atom is 0.285 e. The monoisotopic (exact) mass is 768 g/mol. The molecule has 1 aliphatic rings. The first-order valence-corrected chi connectivity index (χ1v) is 18.5. The molecular formula is C44H40N4O7S. The number of thioether (sulfide) groups is 1. The van der Waals surface area contributed by atoms with Crippen molar-refractivity contribution in [3.63, 3.8) is 0 Å². The summed E-state index contributed by atoms with van der Waals surface area (Å²) in [6.45, 7) is 9.43. The van der Waals surface area contributed by atoms with Gasteiger partial charge in [0.05, 0.1) is 23.8 Å². The van der Waals surface area contributed by atoms with Crippen LogP contribution < -0.4 is 14.8 Å². The highest BCUT2D eigenvalue weighted by Crippen LogP contribution is 2.36. The topological polar surface area (TPSA) is 140 Å². The van der Waals surface area contributed by atoms with Gasteiger partial charge in [-0.1, -0.05) is 103 Å². The fourth-order valence-electron chi connectivity index (χ4n) is 5.82. The van der Waals surface area contributed by atoms with Gasteiger partial charge in [0, 0.05) is 23.4 Å². The average molecular weight is 769 g/mol. The second-order valence-corrected chi connectivity index (χ2v) is 13.2. The lowest BCUT2D eigenvalue weighted by Crippen LogP contribution is -2.42. The third-order valence-corrected chi connectivity index (χ3v) is 9.43. The molecule has 0 bridgehead atoms. The second-order valence-electron chi connectivity index (χ2n) is 12.2. The van der Waals surface area contributed by atoms with Gasteiger partial charge in [-0.25, -0.2) is 0 Å². The predicted molar refractivity (Wildman–Crippen MR) is 220 cm³/mol. The number of carbonyl (C=O) groups is 3. The van der Waals surface area contributed by atoms with Crippen LogP contribution in [-0.2, 0) is 27.4 Å². The lowest BCUT2D eigenvalue weighted by atomic mass is 9.99. The van der Waals surface area contributed by atoms with Gasteiger partial charge >= 0.3 is 0 Å². The Kier molecular flexibility index (Phi) is 14.1. The van der Waals surface area contributed by atoms with Gasteiger partial charge in [-0.2, -0.15) is 4.99 Å². The van der Waals surface area contributed by atoms with E-state index in [-0.39, 0.29) is 34.7 Å². The molecule has 0 unspecified atom stereocenters. The molecule has 0 saturated carbocycles. The summed E-state index contributed by atoms with van der Waals surface area (Å²) < 4.78 is 11.8. The van der Waals surface area contributed by atoms with Crippen molar-refractivity contribution in [1.29, 1.82) is 0 Å². The number of hydrogen-bond donors (Lipinski definition) is 1. The van der Waals surface area contributed by atoms with E-state index in [1.807, 2.05) is 60.7 Å². The summed E-state index contributed by atoms with van der Waals surface area (Å²) in [4.78, 5) is 57.7. The third kappa shape index (κ3) is 10.0. The Hall–Kier alpha value is -6.79. The summed E-state index contributed by atoms with van der Waals surface area (Å²) in [6.07, 6.45) is 10.1. The number of carbonyl (C=O) groups excluding carboxylic acids is 3. The van der Waals surface area contributed by atoms with E-state index < -0.39 is 22.8 Å². The molecule has 0 atom stereocenters. The minimum absolute atomic E-state index is 0.0314. The molecule has 1 N–H and O–H groups in total. The molecule has 5 rings (SSSR count). The van der Waals surface area contributed by atoms with Gasteiger partial charge in [0.25, 0.3) is 17.5 Å². The van der Waals surface area contributed by atoms with E-state index in [1.165, 1.54) is 30.2 Å². The molecule has 0 aliphatic carbocycles. The van der Waals surface area contributed by atoms with Crippen LogP contribution in [0.3, 0.4) is 0 Å². The van der Waals surface area contributed by atoms with Crippen LogP contribution in [0.5, 0.6) is 11.5 Å². The van der Waals surface area contributed by atoms with Crippen molar-refractivity contribution < 1.29 is 28.8 Å². The molecule has 1 aliphatic heterocycles. The number of nitro benzene ring substituents is 1. The Balaban J connectivity index is 1.43. The second kappa shape index (κ2) is 19.5. The van der Waals surface area contributed by atoms with Crippen LogP contribution in [0, 0.1) is 10.1 Å². The molecule has 0 saturated heterocycles. The zero-order valence-corrected chi connectivity index (χ0v) is 31.7. The minimum atomic E-state index is -0.772. The molecule has 12 heteroatoms. The van der Waals surface area contributed by atoms with Crippen molar-refractivity contribution in [2.45, 2.75) is 26.0 Å². The van der Waals surface area contributed by atoms with E-state index in [2.05, 4.69) is 23.5 Å². The number of hydrogen-bond acceptors (Lipinski definition) is 8. The number of nitrogens with zero attached hydrogens (tertiary/aromatic N) is 3. The van der Waals surface area contributed by atoms with Gasteiger partial charge in [0.1, 0.15) is 12.2 Å². The normalized spacial score (nSPS) is 13.8. The lowest BCUT2D eigenvalue weighted by Gasteiger charge is -2.28. The van der Waals surface area contributed by atoms with Crippen LogP contribution in [0.4, 0.5) is 5.69 Å². The van der Waals surface area contributed by atoms with Crippen molar-refractivity contribution in [3.8, 4) is 11.5 Å². The van der Waals surface area contributed by atoms with Crippen molar-refractivity contribution in [1.82, 2.24) is 10.2 Å². The lowest BCUT2D eigenvalue weighted by molar-refractivity contribution is -0.384. The highest BCUT2D eigenvalue weighted by molar-refractivity contribution is 8.14. The van der Waals surface area contributed by atoms with Crippen molar-refractivity contribution >= 4 is 46.4 Å².